The van der Waals surface area contributed by atoms with Crippen molar-refractivity contribution in [3.63, 3.8) is 0 Å². The number of aliphatic hydroxyl groups is 1. The molecule has 0 aliphatic carbocycles. The molecule has 1 atom stereocenters. The first-order valence-corrected chi connectivity index (χ1v) is 5.03. The van der Waals surface area contributed by atoms with Gasteiger partial charge >= 0.3 is 0 Å². The Morgan fingerprint density at radius 1 is 1.28 bits per heavy atom. The summed E-state index contributed by atoms with van der Waals surface area (Å²) in [7, 11) is 1.53. The minimum absolute atomic E-state index is 0.143. The highest BCUT2D eigenvalue weighted by molar-refractivity contribution is 5.23. The number of tetrazole rings is 1. The minimum Gasteiger partial charge on any atom is -0.388 e. The Morgan fingerprint density at radius 2 is 2.00 bits per heavy atom. The van der Waals surface area contributed by atoms with Crippen LogP contribution in [0.4, 0.5) is 13.2 Å². The molecule has 0 fully saturated rings. The predicted molar refractivity (Wildman–Crippen MR) is 53.8 cm³/mol. The van der Waals surface area contributed by atoms with Crippen LogP contribution < -0.4 is 0 Å². The SMILES string of the molecule is Cn1nnc(CC(O)c2ccc(F)c(F)c2F)n1. The molecule has 1 aromatic heterocycles. The van der Waals surface area contributed by atoms with E-state index in [9.17, 15) is 18.3 Å². The Morgan fingerprint density at radius 3 is 2.61 bits per heavy atom. The van der Waals surface area contributed by atoms with Gasteiger partial charge in [-0.15, -0.1) is 10.2 Å². The lowest BCUT2D eigenvalue weighted by molar-refractivity contribution is 0.169. The Bertz CT molecular complexity index is 572. The van der Waals surface area contributed by atoms with Gasteiger partial charge in [0.2, 0.25) is 0 Å². The van der Waals surface area contributed by atoms with E-state index in [4.69, 9.17) is 0 Å². The first-order chi connectivity index (χ1) is 8.49. The van der Waals surface area contributed by atoms with E-state index < -0.39 is 23.6 Å². The van der Waals surface area contributed by atoms with Gasteiger partial charge in [-0.1, -0.05) is 6.07 Å². The molecule has 1 unspecified atom stereocenters. The molecule has 0 saturated carbocycles. The van der Waals surface area contributed by atoms with Crippen LogP contribution in [0.2, 0.25) is 0 Å². The lowest BCUT2D eigenvalue weighted by atomic mass is 10.1. The van der Waals surface area contributed by atoms with Crippen LogP contribution in [0.25, 0.3) is 0 Å². The van der Waals surface area contributed by atoms with Crippen molar-refractivity contribution in [1.29, 1.82) is 0 Å². The fourth-order valence-corrected chi connectivity index (χ4v) is 1.49. The Hall–Kier alpha value is -1.96. The summed E-state index contributed by atoms with van der Waals surface area (Å²) in [5.74, 6) is -4.15. The van der Waals surface area contributed by atoms with Gasteiger partial charge in [0.25, 0.3) is 0 Å². The van der Waals surface area contributed by atoms with Crippen molar-refractivity contribution in [3.8, 4) is 0 Å². The third kappa shape index (κ3) is 2.33. The molecule has 2 aromatic rings. The molecule has 0 spiro atoms. The van der Waals surface area contributed by atoms with Gasteiger partial charge in [-0.2, -0.15) is 4.80 Å². The molecule has 0 bridgehead atoms. The standard InChI is InChI=1S/C10H9F3N4O/c1-17-15-8(14-16-17)4-7(18)5-2-3-6(11)10(13)9(5)12/h2-3,7,18H,4H2,1H3. The summed E-state index contributed by atoms with van der Waals surface area (Å²) in [6.45, 7) is 0. The molecule has 1 N–H and O–H groups in total. The van der Waals surface area contributed by atoms with Crippen molar-refractivity contribution in [3.05, 3.63) is 41.0 Å². The zero-order valence-corrected chi connectivity index (χ0v) is 9.31. The molecule has 96 valence electrons. The van der Waals surface area contributed by atoms with Crippen LogP contribution >= 0.6 is 0 Å². The number of benzene rings is 1. The summed E-state index contributed by atoms with van der Waals surface area (Å²) in [4.78, 5) is 1.17. The third-order valence-corrected chi connectivity index (χ3v) is 2.35. The maximum absolute atomic E-state index is 13.4. The summed E-state index contributed by atoms with van der Waals surface area (Å²) < 4.78 is 39.1. The van der Waals surface area contributed by atoms with E-state index >= 15 is 0 Å². The van der Waals surface area contributed by atoms with E-state index in [0.29, 0.717) is 0 Å². The van der Waals surface area contributed by atoms with Crippen molar-refractivity contribution >= 4 is 0 Å². The largest absolute Gasteiger partial charge is 0.388 e. The smallest absolute Gasteiger partial charge is 0.194 e. The van der Waals surface area contributed by atoms with E-state index in [1.165, 1.54) is 11.8 Å². The maximum atomic E-state index is 13.4. The lowest BCUT2D eigenvalue weighted by Crippen LogP contribution is -2.08. The quantitative estimate of drug-likeness (QED) is 0.831. The van der Waals surface area contributed by atoms with Crippen LogP contribution in [0.5, 0.6) is 0 Å². The van der Waals surface area contributed by atoms with Gasteiger partial charge in [-0.25, -0.2) is 13.2 Å². The minimum atomic E-state index is -1.61. The fraction of sp³-hybridized carbons (Fsp3) is 0.300. The van der Waals surface area contributed by atoms with Crippen LogP contribution in [0.15, 0.2) is 12.1 Å². The summed E-state index contributed by atoms with van der Waals surface area (Å²) in [6, 6.07) is 1.73. The zero-order valence-electron chi connectivity index (χ0n) is 9.31. The number of aromatic nitrogens is 4. The zero-order chi connectivity index (χ0) is 13.3. The first-order valence-electron chi connectivity index (χ1n) is 5.03. The Kier molecular flexibility index (Phi) is 3.28. The Labute approximate surface area is 99.9 Å². The highest BCUT2D eigenvalue weighted by Gasteiger charge is 2.20. The third-order valence-electron chi connectivity index (χ3n) is 2.35. The van der Waals surface area contributed by atoms with E-state index in [1.54, 1.807) is 0 Å². The predicted octanol–water partition coefficient (Wildman–Crippen LogP) is 0.903. The molecular weight excluding hydrogens is 249 g/mol. The molecule has 0 aliphatic rings. The molecule has 5 nitrogen and oxygen atoms in total. The number of aliphatic hydroxyl groups excluding tert-OH is 1. The molecule has 18 heavy (non-hydrogen) atoms. The molecular formula is C10H9F3N4O. The Balaban J connectivity index is 2.24. The summed E-state index contributed by atoms with van der Waals surface area (Å²) in [5, 5.41) is 20.7. The summed E-state index contributed by atoms with van der Waals surface area (Å²) in [6.07, 6.45) is -1.51. The topological polar surface area (TPSA) is 63.8 Å². The fourth-order valence-electron chi connectivity index (χ4n) is 1.49. The van der Waals surface area contributed by atoms with Crippen molar-refractivity contribution in [2.24, 2.45) is 7.05 Å². The van der Waals surface area contributed by atoms with E-state index in [1.807, 2.05) is 0 Å². The van der Waals surface area contributed by atoms with Crippen LogP contribution in [0, 0.1) is 17.5 Å². The van der Waals surface area contributed by atoms with Gasteiger partial charge in [0, 0.05) is 12.0 Å². The van der Waals surface area contributed by atoms with Gasteiger partial charge in [-0.3, -0.25) is 0 Å². The number of hydrogen-bond acceptors (Lipinski definition) is 4. The molecule has 2 rings (SSSR count). The highest BCUT2D eigenvalue weighted by atomic mass is 19.2. The van der Waals surface area contributed by atoms with Crippen LogP contribution in [-0.2, 0) is 13.5 Å². The van der Waals surface area contributed by atoms with Gasteiger partial charge in [0.1, 0.15) is 0 Å². The number of halogens is 3. The van der Waals surface area contributed by atoms with Crippen LogP contribution in [0.1, 0.15) is 17.5 Å². The van der Waals surface area contributed by atoms with Gasteiger partial charge in [-0.05, 0) is 11.3 Å². The molecule has 0 amide bonds. The number of aryl methyl sites for hydroxylation is 1. The molecule has 8 heteroatoms. The second-order valence-electron chi connectivity index (χ2n) is 3.68. The molecule has 0 radical (unpaired) electrons. The van der Waals surface area contributed by atoms with Crippen LogP contribution in [-0.4, -0.2) is 25.3 Å². The van der Waals surface area contributed by atoms with Gasteiger partial charge in [0.15, 0.2) is 23.3 Å². The van der Waals surface area contributed by atoms with Crippen molar-refractivity contribution in [2.45, 2.75) is 12.5 Å². The maximum Gasteiger partial charge on any atom is 0.194 e. The van der Waals surface area contributed by atoms with E-state index in [2.05, 4.69) is 15.4 Å². The summed E-state index contributed by atoms with van der Waals surface area (Å²) >= 11 is 0. The lowest BCUT2D eigenvalue weighted by Gasteiger charge is -2.10. The normalized spacial score (nSPS) is 12.7. The molecule has 1 aromatic carbocycles. The second kappa shape index (κ2) is 4.73. The van der Waals surface area contributed by atoms with Crippen molar-refractivity contribution in [2.75, 3.05) is 0 Å². The number of nitrogens with zero attached hydrogens (tertiary/aromatic N) is 4. The number of hydrogen-bond donors (Lipinski definition) is 1. The molecule has 0 saturated heterocycles. The molecule has 0 aliphatic heterocycles. The van der Waals surface area contributed by atoms with E-state index in [0.717, 1.165) is 12.1 Å². The van der Waals surface area contributed by atoms with Gasteiger partial charge in [0.05, 0.1) is 13.2 Å². The van der Waals surface area contributed by atoms with Crippen molar-refractivity contribution in [1.82, 2.24) is 20.2 Å². The van der Waals surface area contributed by atoms with E-state index in [-0.39, 0.29) is 17.8 Å². The second-order valence-corrected chi connectivity index (χ2v) is 3.68. The van der Waals surface area contributed by atoms with Crippen molar-refractivity contribution < 1.29 is 18.3 Å². The monoisotopic (exact) mass is 258 g/mol. The average molecular weight is 258 g/mol. The first kappa shape index (κ1) is 12.5. The molecule has 1 heterocycles. The summed E-state index contributed by atoms with van der Waals surface area (Å²) in [5.41, 5.74) is -0.346. The highest BCUT2D eigenvalue weighted by Crippen LogP contribution is 2.23. The number of rotatable bonds is 3. The average Bonchev–Trinajstić information content (AvgIpc) is 2.71. The van der Waals surface area contributed by atoms with Gasteiger partial charge < -0.3 is 5.11 Å². The van der Waals surface area contributed by atoms with Crippen LogP contribution in [0.3, 0.4) is 0 Å².